The largest absolute Gasteiger partial charge is 0.386 e. The van der Waals surface area contributed by atoms with E-state index >= 15 is 0 Å². The van der Waals surface area contributed by atoms with Gasteiger partial charge in [-0.1, -0.05) is 12.2 Å². The molecule has 3 nitrogen and oxygen atoms in total. The van der Waals surface area contributed by atoms with Crippen molar-refractivity contribution in [1.82, 2.24) is 10.2 Å². The quantitative estimate of drug-likeness (QED) is 0.555. The Balaban J connectivity index is 2.52. The Labute approximate surface area is 58.4 Å². The molecule has 0 spiro atoms. The lowest BCUT2D eigenvalue weighted by molar-refractivity contribution is 0.175. The van der Waals surface area contributed by atoms with Crippen LogP contribution in [0.2, 0.25) is 0 Å². The van der Waals surface area contributed by atoms with Gasteiger partial charge in [0.15, 0.2) is 0 Å². The number of nitrogens with one attached hydrogen (secondary N) is 1. The fraction of sp³-hybridized carbons (Fsp3) is 0.286. The molecule has 52 valence electrons. The predicted molar refractivity (Wildman–Crippen MR) is 37.2 cm³/mol. The van der Waals surface area contributed by atoms with Crippen LogP contribution < -0.4 is 0 Å². The van der Waals surface area contributed by atoms with Gasteiger partial charge in [0.05, 0.1) is 5.69 Å². The van der Waals surface area contributed by atoms with Crippen molar-refractivity contribution in [3.8, 4) is 0 Å². The summed E-state index contributed by atoms with van der Waals surface area (Å²) < 4.78 is 0. The fourth-order valence-electron chi connectivity index (χ4n) is 1.15. The molecule has 1 unspecified atom stereocenters. The van der Waals surface area contributed by atoms with Crippen LogP contribution in [0.5, 0.6) is 0 Å². The molecule has 0 amide bonds. The van der Waals surface area contributed by atoms with Crippen LogP contribution in [0.1, 0.15) is 23.8 Å². The van der Waals surface area contributed by atoms with Crippen LogP contribution in [0.4, 0.5) is 0 Å². The number of fused-ring (bicyclic) bond motifs is 1. The highest BCUT2D eigenvalue weighted by atomic mass is 16.3. The van der Waals surface area contributed by atoms with E-state index in [1.807, 2.05) is 12.2 Å². The predicted octanol–water partition coefficient (Wildman–Crippen LogP) is 0.860. The minimum Gasteiger partial charge on any atom is -0.386 e. The third kappa shape index (κ3) is 0.675. The first-order valence-electron chi connectivity index (χ1n) is 3.26. The molecule has 0 saturated carbocycles. The average molecular weight is 136 g/mol. The lowest BCUT2D eigenvalue weighted by atomic mass is 10.0. The van der Waals surface area contributed by atoms with Gasteiger partial charge in [0.1, 0.15) is 6.10 Å². The summed E-state index contributed by atoms with van der Waals surface area (Å²) in [7, 11) is 0. The van der Waals surface area contributed by atoms with Crippen LogP contribution >= 0.6 is 0 Å². The van der Waals surface area contributed by atoms with E-state index in [2.05, 4.69) is 10.2 Å². The Morgan fingerprint density at radius 1 is 1.70 bits per heavy atom. The molecule has 2 N–H and O–H groups in total. The zero-order valence-electron chi connectivity index (χ0n) is 5.41. The van der Waals surface area contributed by atoms with Gasteiger partial charge in [0.25, 0.3) is 0 Å². The lowest BCUT2D eigenvalue weighted by Gasteiger charge is -2.09. The number of aromatic amines is 1. The van der Waals surface area contributed by atoms with Crippen molar-refractivity contribution in [2.24, 2.45) is 0 Å². The average Bonchev–Trinajstić information content (AvgIpc) is 2.36. The molecular formula is C7H8N2O. The van der Waals surface area contributed by atoms with Gasteiger partial charge in [0, 0.05) is 11.8 Å². The monoisotopic (exact) mass is 136 g/mol. The van der Waals surface area contributed by atoms with E-state index in [0.717, 1.165) is 11.3 Å². The zero-order valence-corrected chi connectivity index (χ0v) is 5.41. The molecular weight excluding hydrogens is 128 g/mol. The molecule has 0 radical (unpaired) electrons. The lowest BCUT2D eigenvalue weighted by Crippen LogP contribution is -2.01. The second kappa shape index (κ2) is 1.95. The number of nitrogens with zero attached hydrogens (tertiary/aromatic N) is 1. The number of aliphatic hydroxyl groups is 1. The van der Waals surface area contributed by atoms with Crippen molar-refractivity contribution in [2.45, 2.75) is 12.5 Å². The van der Waals surface area contributed by atoms with Crippen LogP contribution in [-0.4, -0.2) is 15.3 Å². The van der Waals surface area contributed by atoms with E-state index < -0.39 is 6.10 Å². The van der Waals surface area contributed by atoms with Gasteiger partial charge in [-0.05, 0) is 6.42 Å². The van der Waals surface area contributed by atoms with Gasteiger partial charge in [-0.15, -0.1) is 0 Å². The van der Waals surface area contributed by atoms with Crippen LogP contribution in [-0.2, 0) is 0 Å². The van der Waals surface area contributed by atoms with Crippen molar-refractivity contribution in [2.75, 3.05) is 0 Å². The SMILES string of the molecule is OC1CC=Cc2c[nH]nc21. The van der Waals surface area contributed by atoms with E-state index in [1.54, 1.807) is 6.20 Å². The Hall–Kier alpha value is -1.09. The summed E-state index contributed by atoms with van der Waals surface area (Å²) >= 11 is 0. The second-order valence-electron chi connectivity index (χ2n) is 2.38. The number of hydrogen-bond acceptors (Lipinski definition) is 2. The highest BCUT2D eigenvalue weighted by molar-refractivity contribution is 5.53. The molecule has 0 saturated heterocycles. The molecule has 1 aromatic rings. The van der Waals surface area contributed by atoms with Crippen LogP contribution in [0, 0.1) is 0 Å². The maximum atomic E-state index is 9.32. The van der Waals surface area contributed by atoms with Crippen LogP contribution in [0.15, 0.2) is 12.3 Å². The summed E-state index contributed by atoms with van der Waals surface area (Å²) in [4.78, 5) is 0. The van der Waals surface area contributed by atoms with Crippen molar-refractivity contribution < 1.29 is 5.11 Å². The number of aliphatic hydroxyl groups excluding tert-OH is 1. The van der Waals surface area contributed by atoms with Gasteiger partial charge in [0.2, 0.25) is 0 Å². The summed E-state index contributed by atoms with van der Waals surface area (Å²) in [6.45, 7) is 0. The van der Waals surface area contributed by atoms with Gasteiger partial charge in [-0.3, -0.25) is 5.10 Å². The minimum atomic E-state index is -0.411. The van der Waals surface area contributed by atoms with Crippen molar-refractivity contribution >= 4 is 6.08 Å². The first kappa shape index (κ1) is 5.68. The van der Waals surface area contributed by atoms with E-state index in [1.165, 1.54) is 0 Å². The molecule has 0 fully saturated rings. The van der Waals surface area contributed by atoms with Gasteiger partial charge >= 0.3 is 0 Å². The Morgan fingerprint density at radius 3 is 3.40 bits per heavy atom. The number of H-pyrrole nitrogens is 1. The molecule has 1 heterocycles. The first-order chi connectivity index (χ1) is 4.88. The highest BCUT2D eigenvalue weighted by Gasteiger charge is 2.15. The van der Waals surface area contributed by atoms with Gasteiger partial charge in [-0.2, -0.15) is 5.10 Å². The molecule has 1 aliphatic carbocycles. The highest BCUT2D eigenvalue weighted by Crippen LogP contribution is 2.24. The van der Waals surface area contributed by atoms with E-state index in [0.29, 0.717) is 6.42 Å². The maximum absolute atomic E-state index is 9.32. The molecule has 1 atom stereocenters. The zero-order chi connectivity index (χ0) is 6.97. The summed E-state index contributed by atoms with van der Waals surface area (Å²) in [5.74, 6) is 0. The van der Waals surface area contributed by atoms with Crippen molar-refractivity contribution in [1.29, 1.82) is 0 Å². The topological polar surface area (TPSA) is 48.9 Å². The molecule has 0 bridgehead atoms. The maximum Gasteiger partial charge on any atom is 0.102 e. The molecule has 0 aliphatic heterocycles. The molecule has 0 aromatic carbocycles. The van der Waals surface area contributed by atoms with E-state index in [9.17, 15) is 5.11 Å². The summed E-state index contributed by atoms with van der Waals surface area (Å²) in [6.07, 6.45) is 5.96. The first-order valence-corrected chi connectivity index (χ1v) is 3.26. The fourth-order valence-corrected chi connectivity index (χ4v) is 1.15. The summed E-state index contributed by atoms with van der Waals surface area (Å²) in [5, 5.41) is 15.9. The number of rotatable bonds is 0. The Bertz CT molecular complexity index is 264. The number of aromatic nitrogens is 2. The molecule has 1 aromatic heterocycles. The molecule has 1 aliphatic rings. The summed E-state index contributed by atoms with van der Waals surface area (Å²) in [5.41, 5.74) is 1.77. The Morgan fingerprint density at radius 2 is 2.60 bits per heavy atom. The smallest absolute Gasteiger partial charge is 0.102 e. The molecule has 10 heavy (non-hydrogen) atoms. The third-order valence-corrected chi connectivity index (χ3v) is 1.67. The third-order valence-electron chi connectivity index (χ3n) is 1.67. The molecule has 2 rings (SSSR count). The standard InChI is InChI=1S/C7H8N2O/c10-6-3-1-2-5-4-8-9-7(5)6/h1-2,4,6,10H,3H2,(H,8,9). The summed E-state index contributed by atoms with van der Waals surface area (Å²) in [6, 6.07) is 0. The molecule has 3 heteroatoms. The van der Waals surface area contributed by atoms with E-state index in [-0.39, 0.29) is 0 Å². The Kier molecular flexibility index (Phi) is 1.11. The van der Waals surface area contributed by atoms with Crippen LogP contribution in [0.3, 0.4) is 0 Å². The minimum absolute atomic E-state index is 0.411. The normalized spacial score (nSPS) is 22.7. The van der Waals surface area contributed by atoms with Gasteiger partial charge in [-0.25, -0.2) is 0 Å². The second-order valence-corrected chi connectivity index (χ2v) is 2.38. The van der Waals surface area contributed by atoms with Crippen LogP contribution in [0.25, 0.3) is 6.08 Å². The van der Waals surface area contributed by atoms with Crippen molar-refractivity contribution in [3.63, 3.8) is 0 Å². The van der Waals surface area contributed by atoms with Crippen molar-refractivity contribution in [3.05, 3.63) is 23.5 Å². The number of hydrogen-bond donors (Lipinski definition) is 2. The van der Waals surface area contributed by atoms with Gasteiger partial charge < -0.3 is 5.11 Å². The van der Waals surface area contributed by atoms with E-state index in [4.69, 9.17) is 0 Å².